The van der Waals surface area contributed by atoms with Crippen molar-refractivity contribution in [3.05, 3.63) is 35.6 Å². The third-order valence-corrected chi connectivity index (χ3v) is 3.49. The molecule has 1 aromatic carbocycles. The molecule has 1 N–H and O–H groups in total. The Morgan fingerprint density at radius 1 is 1.45 bits per heavy atom. The lowest BCUT2D eigenvalue weighted by Crippen LogP contribution is -2.30. The van der Waals surface area contributed by atoms with Gasteiger partial charge in [-0.1, -0.05) is 26.0 Å². The van der Waals surface area contributed by atoms with Crippen molar-refractivity contribution >= 4 is 0 Å². The second-order valence-electron chi connectivity index (χ2n) is 5.67. The Hall–Kier alpha value is -0.970. The monoisotopic (exact) mass is 281 g/mol. The van der Waals surface area contributed by atoms with E-state index in [9.17, 15) is 4.39 Å². The normalized spacial score (nSPS) is 20.5. The highest BCUT2D eigenvalue weighted by molar-refractivity contribution is 5.19. The number of ether oxygens (including phenoxy) is 2. The average Bonchev–Trinajstić information content (AvgIpc) is 2.91. The van der Waals surface area contributed by atoms with Gasteiger partial charge in [0.05, 0.1) is 19.3 Å². The van der Waals surface area contributed by atoms with Crippen LogP contribution in [0.1, 0.15) is 31.9 Å². The van der Waals surface area contributed by atoms with E-state index in [1.807, 2.05) is 6.07 Å². The smallest absolute Gasteiger partial charge is 0.123 e. The molecule has 0 saturated carbocycles. The van der Waals surface area contributed by atoms with Gasteiger partial charge in [-0.15, -0.1) is 0 Å². The highest BCUT2D eigenvalue weighted by Gasteiger charge is 2.19. The first-order valence-corrected chi connectivity index (χ1v) is 7.33. The van der Waals surface area contributed by atoms with Gasteiger partial charge in [-0.25, -0.2) is 4.39 Å². The Morgan fingerprint density at radius 2 is 2.30 bits per heavy atom. The summed E-state index contributed by atoms with van der Waals surface area (Å²) in [6.45, 7) is 7.13. The lowest BCUT2D eigenvalue weighted by atomic mass is 10.1. The topological polar surface area (TPSA) is 30.5 Å². The van der Waals surface area contributed by atoms with Gasteiger partial charge in [0.25, 0.3) is 0 Å². The SMILES string of the molecule is CC(C)NCC(OCC1CCOC1)c1cccc(F)c1. The predicted molar refractivity (Wildman–Crippen MR) is 77.2 cm³/mol. The molecule has 2 rings (SSSR count). The van der Waals surface area contributed by atoms with Crippen LogP contribution in [0.25, 0.3) is 0 Å². The van der Waals surface area contributed by atoms with Crippen molar-refractivity contribution in [1.29, 1.82) is 0 Å². The zero-order valence-corrected chi connectivity index (χ0v) is 12.3. The number of nitrogens with one attached hydrogen (secondary N) is 1. The van der Waals surface area contributed by atoms with Crippen molar-refractivity contribution in [2.24, 2.45) is 5.92 Å². The van der Waals surface area contributed by atoms with Crippen LogP contribution in [0.4, 0.5) is 4.39 Å². The Bertz CT molecular complexity index is 405. The summed E-state index contributed by atoms with van der Waals surface area (Å²) in [6, 6.07) is 7.04. The van der Waals surface area contributed by atoms with E-state index in [0.717, 1.165) is 25.2 Å². The summed E-state index contributed by atoms with van der Waals surface area (Å²) in [5.74, 6) is 0.245. The number of rotatable bonds is 7. The molecule has 0 bridgehead atoms. The van der Waals surface area contributed by atoms with Crippen molar-refractivity contribution in [3.63, 3.8) is 0 Å². The molecule has 0 radical (unpaired) electrons. The van der Waals surface area contributed by atoms with Crippen molar-refractivity contribution in [2.75, 3.05) is 26.4 Å². The number of hydrogen-bond donors (Lipinski definition) is 1. The van der Waals surface area contributed by atoms with Crippen LogP contribution in [-0.4, -0.2) is 32.4 Å². The molecule has 0 aromatic heterocycles. The molecule has 3 nitrogen and oxygen atoms in total. The highest BCUT2D eigenvalue weighted by Crippen LogP contribution is 2.21. The summed E-state index contributed by atoms with van der Waals surface area (Å²) in [5.41, 5.74) is 0.886. The lowest BCUT2D eigenvalue weighted by molar-refractivity contribution is 0.0242. The van der Waals surface area contributed by atoms with Gasteiger partial charge in [-0.2, -0.15) is 0 Å². The van der Waals surface area contributed by atoms with Gasteiger partial charge in [0.2, 0.25) is 0 Å². The fourth-order valence-corrected chi connectivity index (χ4v) is 2.29. The Morgan fingerprint density at radius 3 is 2.95 bits per heavy atom. The summed E-state index contributed by atoms with van der Waals surface area (Å²) in [7, 11) is 0. The van der Waals surface area contributed by atoms with Gasteiger partial charge in [0.15, 0.2) is 0 Å². The minimum Gasteiger partial charge on any atom is -0.381 e. The van der Waals surface area contributed by atoms with Gasteiger partial charge < -0.3 is 14.8 Å². The van der Waals surface area contributed by atoms with Crippen LogP contribution < -0.4 is 5.32 Å². The highest BCUT2D eigenvalue weighted by atomic mass is 19.1. The molecule has 1 aromatic rings. The predicted octanol–water partition coefficient (Wildman–Crippen LogP) is 2.92. The molecule has 1 saturated heterocycles. The van der Waals surface area contributed by atoms with Gasteiger partial charge in [-0.3, -0.25) is 0 Å². The number of hydrogen-bond acceptors (Lipinski definition) is 3. The summed E-state index contributed by atoms with van der Waals surface area (Å²) < 4.78 is 24.7. The van der Waals surface area contributed by atoms with E-state index in [1.54, 1.807) is 12.1 Å². The van der Waals surface area contributed by atoms with Crippen LogP contribution >= 0.6 is 0 Å². The van der Waals surface area contributed by atoms with Gasteiger partial charge in [0.1, 0.15) is 5.82 Å². The van der Waals surface area contributed by atoms with E-state index < -0.39 is 0 Å². The molecule has 112 valence electrons. The largest absolute Gasteiger partial charge is 0.381 e. The molecule has 2 unspecified atom stereocenters. The Balaban J connectivity index is 1.95. The second kappa shape index (κ2) is 7.72. The molecule has 1 fully saturated rings. The summed E-state index contributed by atoms with van der Waals surface area (Å²) in [5, 5.41) is 3.36. The van der Waals surface area contributed by atoms with Crippen molar-refractivity contribution in [3.8, 4) is 0 Å². The second-order valence-corrected chi connectivity index (χ2v) is 5.67. The summed E-state index contributed by atoms with van der Waals surface area (Å²) >= 11 is 0. The fraction of sp³-hybridized carbons (Fsp3) is 0.625. The molecule has 1 aliphatic heterocycles. The zero-order chi connectivity index (χ0) is 14.4. The van der Waals surface area contributed by atoms with E-state index >= 15 is 0 Å². The minimum absolute atomic E-state index is 0.117. The van der Waals surface area contributed by atoms with E-state index in [1.165, 1.54) is 6.07 Å². The average molecular weight is 281 g/mol. The standard InChI is InChI=1S/C16H24FNO2/c1-12(2)18-9-16(14-4-3-5-15(17)8-14)20-11-13-6-7-19-10-13/h3-5,8,12-13,16,18H,6-7,9-11H2,1-2H3. The molecule has 1 aliphatic rings. The quantitative estimate of drug-likeness (QED) is 0.833. The van der Waals surface area contributed by atoms with E-state index in [-0.39, 0.29) is 11.9 Å². The number of halogens is 1. The molecule has 0 amide bonds. The Kier molecular flexibility index (Phi) is 5.95. The van der Waals surface area contributed by atoms with Crippen LogP contribution in [0.3, 0.4) is 0 Å². The number of benzene rings is 1. The van der Waals surface area contributed by atoms with Crippen LogP contribution in [0.2, 0.25) is 0 Å². The molecule has 2 atom stereocenters. The summed E-state index contributed by atoms with van der Waals surface area (Å²) in [4.78, 5) is 0. The first kappa shape index (κ1) is 15.4. The zero-order valence-electron chi connectivity index (χ0n) is 12.3. The first-order valence-electron chi connectivity index (χ1n) is 7.33. The third-order valence-electron chi connectivity index (χ3n) is 3.49. The third kappa shape index (κ3) is 4.85. The first-order chi connectivity index (χ1) is 9.65. The van der Waals surface area contributed by atoms with Gasteiger partial charge in [0, 0.05) is 25.1 Å². The minimum atomic E-state index is -0.218. The molecule has 20 heavy (non-hydrogen) atoms. The van der Waals surface area contributed by atoms with Crippen LogP contribution in [-0.2, 0) is 9.47 Å². The molecule has 1 heterocycles. The maximum atomic E-state index is 13.4. The molecule has 0 aliphatic carbocycles. The van der Waals surface area contributed by atoms with Crippen molar-refractivity contribution in [1.82, 2.24) is 5.32 Å². The fourth-order valence-electron chi connectivity index (χ4n) is 2.29. The molecule has 0 spiro atoms. The van der Waals surface area contributed by atoms with Crippen LogP contribution in [0, 0.1) is 11.7 Å². The molecular formula is C16H24FNO2. The maximum Gasteiger partial charge on any atom is 0.123 e. The maximum absolute atomic E-state index is 13.4. The van der Waals surface area contributed by atoms with Crippen LogP contribution in [0.5, 0.6) is 0 Å². The van der Waals surface area contributed by atoms with E-state index in [4.69, 9.17) is 9.47 Å². The molecular weight excluding hydrogens is 257 g/mol. The lowest BCUT2D eigenvalue weighted by Gasteiger charge is -2.22. The van der Waals surface area contributed by atoms with Gasteiger partial charge >= 0.3 is 0 Å². The molecule has 4 heteroatoms. The van der Waals surface area contributed by atoms with E-state index in [0.29, 0.717) is 25.1 Å². The Labute approximate surface area is 120 Å². The van der Waals surface area contributed by atoms with E-state index in [2.05, 4.69) is 19.2 Å². The van der Waals surface area contributed by atoms with Crippen molar-refractivity contribution < 1.29 is 13.9 Å². The summed E-state index contributed by atoms with van der Waals surface area (Å²) in [6.07, 6.45) is 0.932. The van der Waals surface area contributed by atoms with Crippen molar-refractivity contribution in [2.45, 2.75) is 32.4 Å². The van der Waals surface area contributed by atoms with Gasteiger partial charge in [-0.05, 0) is 24.1 Å². The van der Waals surface area contributed by atoms with Crippen LogP contribution in [0.15, 0.2) is 24.3 Å².